The van der Waals surface area contributed by atoms with Gasteiger partial charge >= 0.3 is 0 Å². The van der Waals surface area contributed by atoms with Crippen LogP contribution in [0.5, 0.6) is 0 Å². The van der Waals surface area contributed by atoms with Crippen LogP contribution in [0.3, 0.4) is 0 Å². The van der Waals surface area contributed by atoms with Crippen LogP contribution in [0.25, 0.3) is 0 Å². The average Bonchev–Trinajstić information content (AvgIpc) is 2.45. The van der Waals surface area contributed by atoms with Crippen LogP contribution in [0.1, 0.15) is 6.42 Å². The summed E-state index contributed by atoms with van der Waals surface area (Å²) in [5.41, 5.74) is 0. The van der Waals surface area contributed by atoms with Crippen molar-refractivity contribution in [3.63, 3.8) is 0 Å². The summed E-state index contributed by atoms with van der Waals surface area (Å²) in [5, 5.41) is 3.43. The Morgan fingerprint density at radius 3 is 2.89 bits per heavy atom. The van der Waals surface area contributed by atoms with Gasteiger partial charge in [-0.2, -0.15) is 0 Å². The SMILES string of the molecule is C=CN1C[C@H]2CC1CN2. The van der Waals surface area contributed by atoms with E-state index in [1.54, 1.807) is 0 Å². The number of hydrogen-bond donors (Lipinski definition) is 1. The molecular weight excluding hydrogens is 112 g/mol. The van der Waals surface area contributed by atoms with E-state index in [4.69, 9.17) is 0 Å². The molecule has 0 saturated carbocycles. The van der Waals surface area contributed by atoms with Crippen LogP contribution in [0.4, 0.5) is 0 Å². The standard InChI is InChI=1S/C7H12N2/c1-2-9-5-6-3-7(9)4-8-6/h2,6-8H,1,3-5H2/t6-,7?/m1/s1. The Kier molecular flexibility index (Phi) is 1.02. The van der Waals surface area contributed by atoms with Crippen molar-refractivity contribution >= 4 is 0 Å². The first kappa shape index (κ1) is 5.30. The Balaban J connectivity index is 2.09. The van der Waals surface area contributed by atoms with E-state index >= 15 is 0 Å². The third-order valence-electron chi connectivity index (χ3n) is 2.33. The first-order valence-electron chi connectivity index (χ1n) is 3.52. The second-order valence-electron chi connectivity index (χ2n) is 2.87. The first-order chi connectivity index (χ1) is 4.40. The van der Waals surface area contributed by atoms with Crippen molar-refractivity contribution in [3.8, 4) is 0 Å². The van der Waals surface area contributed by atoms with Crippen LogP contribution in [-0.4, -0.2) is 30.1 Å². The zero-order chi connectivity index (χ0) is 6.27. The summed E-state index contributed by atoms with van der Waals surface area (Å²) in [5.74, 6) is 0. The number of fused-ring (bicyclic) bond motifs is 2. The molecule has 2 nitrogen and oxygen atoms in total. The number of rotatable bonds is 1. The summed E-state index contributed by atoms with van der Waals surface area (Å²) in [4.78, 5) is 2.33. The van der Waals surface area contributed by atoms with Crippen LogP contribution >= 0.6 is 0 Å². The lowest BCUT2D eigenvalue weighted by Crippen LogP contribution is -2.40. The van der Waals surface area contributed by atoms with E-state index in [0.717, 1.165) is 18.6 Å². The van der Waals surface area contributed by atoms with Gasteiger partial charge in [0, 0.05) is 25.2 Å². The van der Waals surface area contributed by atoms with Crippen LogP contribution < -0.4 is 5.32 Å². The molecule has 0 spiro atoms. The summed E-state index contributed by atoms with van der Waals surface area (Å²) in [7, 11) is 0. The maximum atomic E-state index is 3.76. The predicted molar refractivity (Wildman–Crippen MR) is 37.1 cm³/mol. The molecule has 2 rings (SSSR count). The summed E-state index contributed by atoms with van der Waals surface area (Å²) in [6, 6.07) is 1.51. The number of nitrogens with zero attached hydrogens (tertiary/aromatic N) is 1. The van der Waals surface area contributed by atoms with Gasteiger partial charge in [-0.15, -0.1) is 0 Å². The minimum absolute atomic E-state index is 0.757. The van der Waals surface area contributed by atoms with E-state index in [9.17, 15) is 0 Å². The molecule has 0 radical (unpaired) electrons. The normalized spacial score (nSPS) is 39.8. The molecule has 0 aliphatic carbocycles. The van der Waals surface area contributed by atoms with Gasteiger partial charge < -0.3 is 10.2 Å². The smallest absolute Gasteiger partial charge is 0.0425 e. The molecule has 1 N–H and O–H groups in total. The molecule has 2 heteroatoms. The summed E-state index contributed by atoms with van der Waals surface area (Å²) < 4.78 is 0. The molecule has 0 amide bonds. The van der Waals surface area contributed by atoms with E-state index in [0.29, 0.717) is 0 Å². The van der Waals surface area contributed by atoms with E-state index in [-0.39, 0.29) is 0 Å². The van der Waals surface area contributed by atoms with Crippen molar-refractivity contribution in [2.75, 3.05) is 13.1 Å². The Bertz CT molecular complexity index is 133. The van der Waals surface area contributed by atoms with E-state index in [1.807, 2.05) is 6.20 Å². The van der Waals surface area contributed by atoms with Crippen molar-refractivity contribution in [3.05, 3.63) is 12.8 Å². The van der Waals surface area contributed by atoms with Gasteiger partial charge in [0.25, 0.3) is 0 Å². The second-order valence-corrected chi connectivity index (χ2v) is 2.87. The molecule has 2 aliphatic heterocycles. The maximum absolute atomic E-state index is 3.76. The van der Waals surface area contributed by atoms with Crippen molar-refractivity contribution in [1.29, 1.82) is 0 Å². The van der Waals surface area contributed by atoms with Crippen molar-refractivity contribution in [2.45, 2.75) is 18.5 Å². The largest absolute Gasteiger partial charge is 0.372 e. The maximum Gasteiger partial charge on any atom is 0.0425 e. The zero-order valence-corrected chi connectivity index (χ0v) is 5.51. The van der Waals surface area contributed by atoms with Gasteiger partial charge in [-0.1, -0.05) is 6.58 Å². The van der Waals surface area contributed by atoms with Crippen LogP contribution in [-0.2, 0) is 0 Å². The van der Waals surface area contributed by atoms with Gasteiger partial charge in [0.2, 0.25) is 0 Å². The summed E-state index contributed by atoms with van der Waals surface area (Å²) >= 11 is 0. The lowest BCUT2D eigenvalue weighted by molar-refractivity contribution is 0.311. The summed E-state index contributed by atoms with van der Waals surface area (Å²) in [6.45, 7) is 6.10. The van der Waals surface area contributed by atoms with Crippen molar-refractivity contribution in [1.82, 2.24) is 10.2 Å². The number of hydrogen-bond acceptors (Lipinski definition) is 2. The minimum atomic E-state index is 0.757. The monoisotopic (exact) mass is 124 g/mol. The van der Waals surface area contributed by atoms with Crippen LogP contribution in [0.15, 0.2) is 12.8 Å². The fourth-order valence-electron chi connectivity index (χ4n) is 1.82. The highest BCUT2D eigenvalue weighted by Gasteiger charge is 2.35. The fourth-order valence-corrected chi connectivity index (χ4v) is 1.82. The third-order valence-corrected chi connectivity index (χ3v) is 2.33. The van der Waals surface area contributed by atoms with Gasteiger partial charge in [-0.05, 0) is 12.6 Å². The minimum Gasteiger partial charge on any atom is -0.372 e. The van der Waals surface area contributed by atoms with Crippen molar-refractivity contribution in [2.24, 2.45) is 0 Å². The Hall–Kier alpha value is -0.500. The van der Waals surface area contributed by atoms with Crippen molar-refractivity contribution < 1.29 is 0 Å². The molecule has 1 unspecified atom stereocenters. The summed E-state index contributed by atoms with van der Waals surface area (Å²) in [6.07, 6.45) is 3.29. The molecule has 50 valence electrons. The molecular formula is C7H12N2. The van der Waals surface area contributed by atoms with Crippen LogP contribution in [0, 0.1) is 0 Å². The molecule has 2 heterocycles. The molecule has 0 aromatic carbocycles. The second kappa shape index (κ2) is 1.74. The predicted octanol–water partition coefficient (Wildman–Crippen LogP) is 0.176. The highest BCUT2D eigenvalue weighted by molar-refractivity contribution is 5.00. The molecule has 2 atom stereocenters. The van der Waals surface area contributed by atoms with E-state index in [1.165, 1.54) is 13.0 Å². The van der Waals surface area contributed by atoms with Crippen LogP contribution in [0.2, 0.25) is 0 Å². The topological polar surface area (TPSA) is 15.3 Å². The molecule has 2 bridgehead atoms. The zero-order valence-electron chi connectivity index (χ0n) is 5.51. The molecule has 2 saturated heterocycles. The first-order valence-corrected chi connectivity index (χ1v) is 3.52. The van der Waals surface area contributed by atoms with E-state index in [2.05, 4.69) is 16.8 Å². The highest BCUT2D eigenvalue weighted by Crippen LogP contribution is 2.22. The Morgan fingerprint density at radius 1 is 1.67 bits per heavy atom. The number of likely N-dealkylation sites (tertiary alicyclic amines) is 1. The molecule has 0 aromatic rings. The molecule has 2 aliphatic rings. The van der Waals surface area contributed by atoms with E-state index < -0.39 is 0 Å². The lowest BCUT2D eigenvalue weighted by Gasteiger charge is -2.24. The van der Waals surface area contributed by atoms with Gasteiger partial charge in [-0.25, -0.2) is 0 Å². The fraction of sp³-hybridized carbons (Fsp3) is 0.714. The quantitative estimate of drug-likeness (QED) is 0.536. The van der Waals surface area contributed by atoms with Gasteiger partial charge in [0.05, 0.1) is 0 Å². The number of piperazine rings is 1. The lowest BCUT2D eigenvalue weighted by atomic mass is 10.2. The van der Waals surface area contributed by atoms with Gasteiger partial charge in [-0.3, -0.25) is 0 Å². The van der Waals surface area contributed by atoms with Gasteiger partial charge in [0.15, 0.2) is 0 Å². The average molecular weight is 124 g/mol. The van der Waals surface area contributed by atoms with Gasteiger partial charge in [0.1, 0.15) is 0 Å². The highest BCUT2D eigenvalue weighted by atomic mass is 15.3. The molecule has 2 fully saturated rings. The number of nitrogens with one attached hydrogen (secondary N) is 1. The Morgan fingerprint density at radius 2 is 2.56 bits per heavy atom. The Labute approximate surface area is 55.5 Å². The molecule has 9 heavy (non-hydrogen) atoms. The third kappa shape index (κ3) is 0.663. The molecule has 0 aromatic heterocycles.